The van der Waals surface area contributed by atoms with Gasteiger partial charge >= 0.3 is 6.03 Å². The van der Waals surface area contributed by atoms with Crippen LogP contribution in [-0.4, -0.2) is 11.0 Å². The maximum Gasteiger partial charge on any atom is 0.321 e. The number of amides is 2. The molecule has 100 valence electrons. The first kappa shape index (κ1) is 12.2. The van der Waals surface area contributed by atoms with E-state index in [0.717, 1.165) is 24.3 Å². The molecule has 0 saturated heterocycles. The lowest BCUT2D eigenvalue weighted by atomic mass is 10.0. The van der Waals surface area contributed by atoms with Crippen molar-refractivity contribution in [2.24, 2.45) is 0 Å². The van der Waals surface area contributed by atoms with E-state index in [1.54, 1.807) is 23.7 Å². The van der Waals surface area contributed by atoms with Crippen LogP contribution >= 0.6 is 11.3 Å². The second-order valence-corrected chi connectivity index (χ2v) is 5.57. The first-order valence-corrected chi connectivity index (χ1v) is 7.19. The first-order valence-electron chi connectivity index (χ1n) is 6.37. The number of thiazole rings is 1. The van der Waals surface area contributed by atoms with Gasteiger partial charge < -0.3 is 9.73 Å². The molecule has 0 fully saturated rings. The number of anilines is 1. The highest BCUT2D eigenvalue weighted by Crippen LogP contribution is 2.29. The van der Waals surface area contributed by atoms with Gasteiger partial charge in [-0.25, -0.2) is 9.78 Å². The molecule has 0 bridgehead atoms. The Labute approximate surface area is 115 Å². The van der Waals surface area contributed by atoms with Crippen molar-refractivity contribution in [3.05, 3.63) is 34.7 Å². The van der Waals surface area contributed by atoms with Crippen molar-refractivity contribution < 1.29 is 9.21 Å². The molecule has 1 aliphatic rings. The third kappa shape index (κ3) is 2.96. The molecule has 0 aliphatic heterocycles. The summed E-state index contributed by atoms with van der Waals surface area (Å²) in [4.78, 5) is 17.5. The summed E-state index contributed by atoms with van der Waals surface area (Å²) in [5.74, 6) is 0.730. The summed E-state index contributed by atoms with van der Waals surface area (Å²) in [5.41, 5.74) is 1.15. The number of hydrogen-bond acceptors (Lipinski definition) is 4. The predicted octanol–water partition coefficient (Wildman–Crippen LogP) is 2.94. The van der Waals surface area contributed by atoms with Gasteiger partial charge in [-0.1, -0.05) is 0 Å². The summed E-state index contributed by atoms with van der Waals surface area (Å²) in [5, 5.41) is 6.20. The normalized spacial score (nSPS) is 13.9. The fourth-order valence-corrected chi connectivity index (χ4v) is 3.17. The molecule has 19 heavy (non-hydrogen) atoms. The average Bonchev–Trinajstić information content (AvgIpc) is 3.04. The summed E-state index contributed by atoms with van der Waals surface area (Å²) in [6.07, 6.45) is 6.12. The number of nitrogens with zero attached hydrogens (tertiary/aromatic N) is 1. The summed E-state index contributed by atoms with van der Waals surface area (Å²) in [6, 6.07) is 3.37. The summed E-state index contributed by atoms with van der Waals surface area (Å²) >= 11 is 1.58. The molecule has 2 heterocycles. The first-order chi connectivity index (χ1) is 9.31. The number of aromatic nitrogens is 1. The molecule has 0 unspecified atom stereocenters. The molecule has 2 aromatic heterocycles. The third-order valence-electron chi connectivity index (χ3n) is 3.07. The van der Waals surface area contributed by atoms with Gasteiger partial charge in [0.1, 0.15) is 5.76 Å². The number of carbonyl (C=O) groups is 1. The number of hydrogen-bond donors (Lipinski definition) is 2. The van der Waals surface area contributed by atoms with Crippen molar-refractivity contribution in [1.29, 1.82) is 0 Å². The smallest absolute Gasteiger partial charge is 0.321 e. The molecule has 2 N–H and O–H groups in total. The molecule has 1 aliphatic carbocycles. The highest BCUT2D eigenvalue weighted by Gasteiger charge is 2.16. The van der Waals surface area contributed by atoms with Gasteiger partial charge in [0.25, 0.3) is 0 Å². The number of urea groups is 1. The Bertz CT molecular complexity index is 539. The SMILES string of the molecule is O=C(NCc1ccco1)Nc1nc2c(s1)CCCC2. The summed E-state index contributed by atoms with van der Waals surface area (Å²) in [7, 11) is 0. The fourth-order valence-electron chi connectivity index (χ4n) is 2.13. The van der Waals surface area contributed by atoms with Crippen LogP contribution in [0.15, 0.2) is 22.8 Å². The number of nitrogens with one attached hydrogen (secondary N) is 2. The lowest BCUT2D eigenvalue weighted by Crippen LogP contribution is -2.27. The van der Waals surface area contributed by atoms with E-state index in [1.165, 1.54) is 17.7 Å². The lowest BCUT2D eigenvalue weighted by molar-refractivity contribution is 0.251. The Kier molecular flexibility index (Phi) is 3.50. The third-order valence-corrected chi connectivity index (χ3v) is 4.14. The number of carbonyl (C=O) groups excluding carboxylic acids is 1. The molecule has 6 heteroatoms. The zero-order chi connectivity index (χ0) is 13.1. The van der Waals surface area contributed by atoms with Crippen LogP contribution in [0.5, 0.6) is 0 Å². The van der Waals surface area contributed by atoms with Crippen LogP contribution in [0.2, 0.25) is 0 Å². The molecule has 0 saturated carbocycles. The van der Waals surface area contributed by atoms with Crippen molar-refractivity contribution >= 4 is 22.5 Å². The highest BCUT2D eigenvalue weighted by molar-refractivity contribution is 7.15. The molecule has 0 aromatic carbocycles. The Morgan fingerprint density at radius 1 is 1.42 bits per heavy atom. The van der Waals surface area contributed by atoms with Crippen LogP contribution < -0.4 is 10.6 Å². The van der Waals surface area contributed by atoms with Gasteiger partial charge in [0.05, 0.1) is 18.5 Å². The van der Waals surface area contributed by atoms with Gasteiger partial charge in [-0.05, 0) is 37.8 Å². The standard InChI is InChI=1S/C13H15N3O2S/c17-12(14-8-9-4-3-7-18-9)16-13-15-10-5-1-2-6-11(10)19-13/h3-4,7H,1-2,5-6,8H2,(H2,14,15,16,17). The van der Waals surface area contributed by atoms with E-state index in [0.29, 0.717) is 11.7 Å². The van der Waals surface area contributed by atoms with Gasteiger partial charge in [0.2, 0.25) is 0 Å². The zero-order valence-electron chi connectivity index (χ0n) is 10.4. The van der Waals surface area contributed by atoms with Gasteiger partial charge in [0, 0.05) is 4.88 Å². The van der Waals surface area contributed by atoms with Crippen LogP contribution in [0.1, 0.15) is 29.2 Å². The molecular weight excluding hydrogens is 262 g/mol. The number of fused-ring (bicyclic) bond motifs is 1. The van der Waals surface area contributed by atoms with Crippen LogP contribution in [0, 0.1) is 0 Å². The predicted molar refractivity (Wildman–Crippen MR) is 73.3 cm³/mol. The van der Waals surface area contributed by atoms with Crippen LogP contribution in [0.4, 0.5) is 9.93 Å². The van der Waals surface area contributed by atoms with Gasteiger partial charge in [-0.3, -0.25) is 5.32 Å². The van der Waals surface area contributed by atoms with E-state index >= 15 is 0 Å². The Morgan fingerprint density at radius 3 is 3.11 bits per heavy atom. The molecule has 2 aromatic rings. The maximum absolute atomic E-state index is 11.7. The lowest BCUT2D eigenvalue weighted by Gasteiger charge is -2.06. The monoisotopic (exact) mass is 277 g/mol. The van der Waals surface area contributed by atoms with E-state index in [4.69, 9.17) is 4.42 Å². The van der Waals surface area contributed by atoms with Crippen molar-refractivity contribution in [3.8, 4) is 0 Å². The molecular formula is C13H15N3O2S. The maximum atomic E-state index is 11.7. The van der Waals surface area contributed by atoms with Crippen molar-refractivity contribution in [3.63, 3.8) is 0 Å². The number of aryl methyl sites for hydroxylation is 2. The largest absolute Gasteiger partial charge is 0.467 e. The average molecular weight is 277 g/mol. The second-order valence-electron chi connectivity index (χ2n) is 4.48. The molecule has 0 atom stereocenters. The topological polar surface area (TPSA) is 67.2 Å². The van der Waals surface area contributed by atoms with Gasteiger partial charge in [-0.2, -0.15) is 0 Å². The summed E-state index contributed by atoms with van der Waals surface area (Å²) in [6.45, 7) is 0.379. The molecule has 2 amide bonds. The molecule has 0 spiro atoms. The minimum atomic E-state index is -0.248. The minimum Gasteiger partial charge on any atom is -0.467 e. The molecule has 5 nitrogen and oxygen atoms in total. The highest BCUT2D eigenvalue weighted by atomic mass is 32.1. The van der Waals surface area contributed by atoms with Crippen molar-refractivity contribution in [2.75, 3.05) is 5.32 Å². The fraction of sp³-hybridized carbons (Fsp3) is 0.385. The van der Waals surface area contributed by atoms with Crippen LogP contribution in [0.25, 0.3) is 0 Å². The zero-order valence-corrected chi connectivity index (χ0v) is 11.3. The van der Waals surface area contributed by atoms with E-state index in [-0.39, 0.29) is 6.03 Å². The Morgan fingerprint density at radius 2 is 2.32 bits per heavy atom. The summed E-state index contributed by atoms with van der Waals surface area (Å²) < 4.78 is 5.14. The number of furan rings is 1. The molecule has 0 radical (unpaired) electrons. The molecule has 3 rings (SSSR count). The van der Waals surface area contributed by atoms with Crippen molar-refractivity contribution in [2.45, 2.75) is 32.2 Å². The van der Waals surface area contributed by atoms with E-state index in [9.17, 15) is 4.79 Å². The van der Waals surface area contributed by atoms with E-state index in [2.05, 4.69) is 15.6 Å². The number of rotatable bonds is 3. The Balaban J connectivity index is 1.55. The Hall–Kier alpha value is -1.82. The van der Waals surface area contributed by atoms with E-state index < -0.39 is 0 Å². The minimum absolute atomic E-state index is 0.248. The van der Waals surface area contributed by atoms with Crippen LogP contribution in [0.3, 0.4) is 0 Å². The second kappa shape index (κ2) is 5.44. The van der Waals surface area contributed by atoms with Crippen LogP contribution in [-0.2, 0) is 19.4 Å². The van der Waals surface area contributed by atoms with Gasteiger partial charge in [0.15, 0.2) is 5.13 Å². The van der Waals surface area contributed by atoms with E-state index in [1.807, 2.05) is 6.07 Å². The van der Waals surface area contributed by atoms with Crippen molar-refractivity contribution in [1.82, 2.24) is 10.3 Å². The van der Waals surface area contributed by atoms with Gasteiger partial charge in [-0.15, -0.1) is 11.3 Å². The quantitative estimate of drug-likeness (QED) is 0.906.